The first-order valence-corrected chi connectivity index (χ1v) is 5.36. The van der Waals surface area contributed by atoms with Crippen LogP contribution in [0.4, 0.5) is 4.39 Å². The maximum Gasteiger partial charge on any atom is 0.123 e. The Bertz CT molecular complexity index is 203. The van der Waals surface area contributed by atoms with E-state index < -0.39 is 0 Å². The van der Waals surface area contributed by atoms with Gasteiger partial charge in [-0.25, -0.2) is 4.39 Å². The van der Waals surface area contributed by atoms with E-state index in [1.807, 2.05) is 12.1 Å². The fraction of sp³-hybridized carbons (Fsp3) is 0.250. The maximum atomic E-state index is 12.4. The molecule has 1 rings (SSSR count). The molecule has 0 aliphatic heterocycles. The van der Waals surface area contributed by atoms with E-state index in [1.165, 1.54) is 17.4 Å². The highest BCUT2D eigenvalue weighted by atomic mass is 31.1. The van der Waals surface area contributed by atoms with Gasteiger partial charge in [0.2, 0.25) is 0 Å². The fourth-order valence-corrected chi connectivity index (χ4v) is 1.48. The average Bonchev–Trinajstić information content (AvgIpc) is 1.88. The third-order valence-corrected chi connectivity index (χ3v) is 2.67. The van der Waals surface area contributed by atoms with Crippen molar-refractivity contribution in [1.29, 1.82) is 0 Å². The molecule has 0 atom stereocenters. The van der Waals surface area contributed by atoms with Gasteiger partial charge in [0.1, 0.15) is 5.82 Å². The van der Waals surface area contributed by atoms with Crippen molar-refractivity contribution in [2.75, 3.05) is 13.3 Å². The van der Waals surface area contributed by atoms with Crippen LogP contribution < -0.4 is 5.30 Å². The highest BCUT2D eigenvalue weighted by Gasteiger charge is 1.96. The summed E-state index contributed by atoms with van der Waals surface area (Å²) in [6.45, 7) is 4.31. The van der Waals surface area contributed by atoms with Crippen molar-refractivity contribution in [3.05, 3.63) is 30.1 Å². The van der Waals surface area contributed by atoms with Gasteiger partial charge in [-0.2, -0.15) is 0 Å². The quantitative estimate of drug-likeness (QED) is 0.547. The summed E-state index contributed by atoms with van der Waals surface area (Å²) in [5.74, 6) is -0.152. The number of hydrogen-bond acceptors (Lipinski definition) is 0. The van der Waals surface area contributed by atoms with Crippen molar-refractivity contribution >= 4 is 13.2 Å². The molecule has 0 fully saturated rings. The van der Waals surface area contributed by atoms with Gasteiger partial charge in [0.25, 0.3) is 0 Å². The van der Waals surface area contributed by atoms with Crippen LogP contribution in [-0.4, -0.2) is 13.3 Å². The van der Waals surface area contributed by atoms with Crippen LogP contribution in [0.15, 0.2) is 24.3 Å². The van der Waals surface area contributed by atoms with Crippen LogP contribution in [0.5, 0.6) is 0 Å². The second-order valence-electron chi connectivity index (χ2n) is 2.37. The zero-order chi connectivity index (χ0) is 7.56. The predicted molar refractivity (Wildman–Crippen MR) is 44.8 cm³/mol. The van der Waals surface area contributed by atoms with Crippen molar-refractivity contribution in [2.24, 2.45) is 0 Å². The van der Waals surface area contributed by atoms with Crippen LogP contribution >= 0.6 is 7.92 Å². The molecule has 0 spiro atoms. The number of hydrogen-bond donors (Lipinski definition) is 0. The molecule has 0 aromatic heterocycles. The first kappa shape index (κ1) is 7.68. The number of rotatable bonds is 1. The largest absolute Gasteiger partial charge is 0.207 e. The van der Waals surface area contributed by atoms with Gasteiger partial charge in [0.15, 0.2) is 0 Å². The summed E-state index contributed by atoms with van der Waals surface area (Å²) >= 11 is 0. The maximum absolute atomic E-state index is 12.4. The Hall–Kier alpha value is -0.420. The van der Waals surface area contributed by atoms with Crippen LogP contribution in [0.25, 0.3) is 0 Å². The Kier molecular flexibility index (Phi) is 2.39. The summed E-state index contributed by atoms with van der Waals surface area (Å²) in [5.41, 5.74) is 0. The minimum atomic E-state index is -0.152. The monoisotopic (exact) mass is 156 g/mol. The molecule has 0 saturated carbocycles. The van der Waals surface area contributed by atoms with Crippen molar-refractivity contribution in [2.45, 2.75) is 0 Å². The fourth-order valence-electron chi connectivity index (χ4n) is 0.739. The minimum absolute atomic E-state index is 0.0746. The topological polar surface area (TPSA) is 0 Å². The molecule has 0 heterocycles. The summed E-state index contributed by atoms with van der Waals surface area (Å²) in [4.78, 5) is 0. The van der Waals surface area contributed by atoms with E-state index in [1.54, 1.807) is 0 Å². The van der Waals surface area contributed by atoms with Crippen molar-refractivity contribution in [3.63, 3.8) is 0 Å². The lowest BCUT2D eigenvalue weighted by molar-refractivity contribution is 0.628. The Balaban J connectivity index is 2.89. The molecular formula is C8H10FP. The van der Waals surface area contributed by atoms with Gasteiger partial charge < -0.3 is 0 Å². The summed E-state index contributed by atoms with van der Waals surface area (Å²) in [5, 5.41) is 1.25. The Morgan fingerprint density at radius 2 is 1.60 bits per heavy atom. The van der Waals surface area contributed by atoms with E-state index in [0.717, 1.165) is 0 Å². The van der Waals surface area contributed by atoms with E-state index in [9.17, 15) is 4.39 Å². The second kappa shape index (κ2) is 3.12. The highest BCUT2D eigenvalue weighted by molar-refractivity contribution is 7.64. The van der Waals surface area contributed by atoms with Gasteiger partial charge in [-0.05, 0) is 30.8 Å². The molecule has 0 aliphatic carbocycles. The van der Waals surface area contributed by atoms with Crippen LogP contribution in [0.2, 0.25) is 0 Å². The van der Waals surface area contributed by atoms with E-state index in [0.29, 0.717) is 0 Å². The third-order valence-electron chi connectivity index (χ3n) is 1.34. The molecule has 0 nitrogen and oxygen atoms in total. The number of benzene rings is 1. The van der Waals surface area contributed by atoms with E-state index in [2.05, 4.69) is 13.3 Å². The van der Waals surface area contributed by atoms with Crippen LogP contribution in [0.3, 0.4) is 0 Å². The number of halogens is 1. The van der Waals surface area contributed by atoms with Gasteiger partial charge in [0, 0.05) is 0 Å². The molecule has 0 bridgehead atoms. The normalized spacial score (nSPS) is 10.4. The zero-order valence-electron chi connectivity index (χ0n) is 6.13. The third kappa shape index (κ3) is 1.78. The molecule has 0 aliphatic rings. The van der Waals surface area contributed by atoms with Gasteiger partial charge >= 0.3 is 0 Å². The van der Waals surface area contributed by atoms with E-state index in [4.69, 9.17) is 0 Å². The predicted octanol–water partition coefficient (Wildman–Crippen LogP) is 2.19. The smallest absolute Gasteiger partial charge is 0.123 e. The Morgan fingerprint density at radius 1 is 1.10 bits per heavy atom. The average molecular weight is 156 g/mol. The molecule has 10 heavy (non-hydrogen) atoms. The van der Waals surface area contributed by atoms with Gasteiger partial charge in [0.05, 0.1) is 0 Å². The molecule has 2 heteroatoms. The SMILES string of the molecule is CP(C)c1ccc(F)cc1. The summed E-state index contributed by atoms with van der Waals surface area (Å²) < 4.78 is 12.4. The highest BCUT2D eigenvalue weighted by Crippen LogP contribution is 2.22. The minimum Gasteiger partial charge on any atom is -0.207 e. The summed E-state index contributed by atoms with van der Waals surface area (Å²) in [6.07, 6.45) is 0. The van der Waals surface area contributed by atoms with Crippen molar-refractivity contribution < 1.29 is 4.39 Å². The van der Waals surface area contributed by atoms with Gasteiger partial charge in [-0.3, -0.25) is 0 Å². The molecule has 54 valence electrons. The molecule has 0 unspecified atom stereocenters. The van der Waals surface area contributed by atoms with Gasteiger partial charge in [-0.1, -0.05) is 20.1 Å². The summed E-state index contributed by atoms with van der Waals surface area (Å²) in [6, 6.07) is 6.72. The van der Waals surface area contributed by atoms with Crippen molar-refractivity contribution in [3.8, 4) is 0 Å². The molecule has 0 N–H and O–H groups in total. The Morgan fingerprint density at radius 3 is 2.00 bits per heavy atom. The molecule has 0 radical (unpaired) electrons. The molecule has 0 saturated heterocycles. The summed E-state index contributed by atoms with van der Waals surface area (Å²) in [7, 11) is -0.0746. The molecular weight excluding hydrogens is 146 g/mol. The van der Waals surface area contributed by atoms with Gasteiger partial charge in [-0.15, -0.1) is 0 Å². The lowest BCUT2D eigenvalue weighted by Gasteiger charge is -2.03. The second-order valence-corrected chi connectivity index (χ2v) is 4.68. The van der Waals surface area contributed by atoms with Crippen molar-refractivity contribution in [1.82, 2.24) is 0 Å². The molecule has 1 aromatic carbocycles. The van der Waals surface area contributed by atoms with E-state index >= 15 is 0 Å². The van der Waals surface area contributed by atoms with Crippen LogP contribution in [0, 0.1) is 5.82 Å². The Labute approximate surface area is 61.8 Å². The standard InChI is InChI=1S/C8H10FP/c1-10(2)8-5-3-7(9)4-6-8/h3-6H,1-2H3. The lowest BCUT2D eigenvalue weighted by Crippen LogP contribution is -1.97. The zero-order valence-corrected chi connectivity index (χ0v) is 7.03. The molecule has 0 amide bonds. The first-order valence-electron chi connectivity index (χ1n) is 3.13. The van der Waals surface area contributed by atoms with Crippen LogP contribution in [-0.2, 0) is 0 Å². The van der Waals surface area contributed by atoms with E-state index in [-0.39, 0.29) is 13.7 Å². The first-order chi connectivity index (χ1) is 4.70. The molecule has 1 aromatic rings. The van der Waals surface area contributed by atoms with Crippen LogP contribution in [0.1, 0.15) is 0 Å². The lowest BCUT2D eigenvalue weighted by atomic mass is 10.4.